The van der Waals surface area contributed by atoms with Crippen LogP contribution in [0.5, 0.6) is 0 Å². The molecule has 0 amide bonds. The zero-order valence-electron chi connectivity index (χ0n) is 13.5. The van der Waals surface area contributed by atoms with Gasteiger partial charge in [-0.1, -0.05) is 13.8 Å². The lowest BCUT2D eigenvalue weighted by Crippen LogP contribution is -2.43. The molecule has 0 spiro atoms. The summed E-state index contributed by atoms with van der Waals surface area (Å²) in [5.74, 6) is 1.04. The molecule has 1 saturated heterocycles. The quantitative estimate of drug-likeness (QED) is 0.786. The van der Waals surface area contributed by atoms with E-state index >= 15 is 0 Å². The van der Waals surface area contributed by atoms with Gasteiger partial charge in [-0.05, 0) is 45.4 Å². The first-order chi connectivity index (χ1) is 9.61. The van der Waals surface area contributed by atoms with Crippen LogP contribution >= 0.6 is 7.82 Å². The Balaban J connectivity index is 1.85. The second-order valence-electron chi connectivity index (χ2n) is 7.68. The highest BCUT2D eigenvalue weighted by Crippen LogP contribution is 2.75. The average molecular weight is 318 g/mol. The zero-order valence-corrected chi connectivity index (χ0v) is 14.4. The fraction of sp³-hybridized carbons (Fsp3) is 1.00. The van der Waals surface area contributed by atoms with Gasteiger partial charge in [-0.15, -0.1) is 0 Å². The van der Waals surface area contributed by atoms with Crippen molar-refractivity contribution in [1.82, 2.24) is 0 Å². The molecule has 0 radical (unpaired) electrons. The van der Waals surface area contributed by atoms with Gasteiger partial charge in [0.2, 0.25) is 0 Å². The number of rotatable bonds is 5. The molecule has 3 rings (SSSR count). The van der Waals surface area contributed by atoms with E-state index in [1.807, 2.05) is 6.92 Å². The summed E-state index contributed by atoms with van der Waals surface area (Å²) < 4.78 is 29.3. The van der Waals surface area contributed by atoms with Crippen LogP contribution in [0.2, 0.25) is 0 Å². The molecule has 3 aliphatic rings. The summed E-state index contributed by atoms with van der Waals surface area (Å²) in [7, 11) is -4.05. The van der Waals surface area contributed by atoms with Crippen molar-refractivity contribution in [3.63, 3.8) is 0 Å². The molecule has 6 heteroatoms. The molecule has 0 bridgehead atoms. The van der Waals surface area contributed by atoms with E-state index < -0.39 is 13.4 Å². The number of hydrogen-bond donors (Lipinski definition) is 1. The molecule has 21 heavy (non-hydrogen) atoms. The number of phosphoric ester groups is 1. The first kappa shape index (κ1) is 15.9. The first-order valence-electron chi connectivity index (χ1n) is 7.99. The lowest BCUT2D eigenvalue weighted by atomic mass is 9.82. The average Bonchev–Trinajstić information content (AvgIpc) is 2.79. The Kier molecular flexibility index (Phi) is 3.63. The maximum absolute atomic E-state index is 12.3. The van der Waals surface area contributed by atoms with E-state index in [1.165, 1.54) is 0 Å². The minimum absolute atomic E-state index is 0.0613. The Morgan fingerprint density at radius 3 is 2.48 bits per heavy atom. The van der Waals surface area contributed by atoms with E-state index in [0.717, 1.165) is 12.8 Å². The number of fused-ring (bicyclic) bond motifs is 3. The van der Waals surface area contributed by atoms with Gasteiger partial charge in [-0.2, -0.15) is 0 Å². The van der Waals surface area contributed by atoms with Crippen LogP contribution in [-0.2, 0) is 18.3 Å². The van der Waals surface area contributed by atoms with E-state index in [1.54, 1.807) is 13.8 Å². The third-order valence-electron chi connectivity index (χ3n) is 5.48. The van der Waals surface area contributed by atoms with Gasteiger partial charge in [-0.25, -0.2) is 4.57 Å². The van der Waals surface area contributed by atoms with Crippen LogP contribution < -0.4 is 0 Å². The van der Waals surface area contributed by atoms with Crippen LogP contribution in [-0.4, -0.2) is 28.8 Å². The van der Waals surface area contributed by atoms with Crippen molar-refractivity contribution in [1.29, 1.82) is 0 Å². The summed E-state index contributed by atoms with van der Waals surface area (Å²) >= 11 is 0. The largest absolute Gasteiger partial charge is 0.473 e. The summed E-state index contributed by atoms with van der Waals surface area (Å²) in [6.45, 7) is 9.91. The maximum atomic E-state index is 12.3. The van der Waals surface area contributed by atoms with Gasteiger partial charge in [0.15, 0.2) is 0 Å². The van der Waals surface area contributed by atoms with Crippen molar-refractivity contribution in [2.75, 3.05) is 0 Å². The predicted octanol–water partition coefficient (Wildman–Crippen LogP) is 3.51. The van der Waals surface area contributed by atoms with Gasteiger partial charge in [0.1, 0.15) is 5.60 Å². The molecule has 122 valence electrons. The highest BCUT2D eigenvalue weighted by molar-refractivity contribution is 7.47. The Labute approximate surface area is 127 Å². The van der Waals surface area contributed by atoms with E-state index in [0.29, 0.717) is 18.3 Å². The van der Waals surface area contributed by atoms with Gasteiger partial charge in [0.25, 0.3) is 0 Å². The van der Waals surface area contributed by atoms with Crippen molar-refractivity contribution in [3.05, 3.63) is 0 Å². The van der Waals surface area contributed by atoms with Crippen molar-refractivity contribution in [2.24, 2.45) is 17.3 Å². The molecular formula is C15H27O5P. The van der Waals surface area contributed by atoms with Gasteiger partial charge in [0, 0.05) is 11.8 Å². The molecule has 5 nitrogen and oxygen atoms in total. The molecule has 2 aliphatic carbocycles. The predicted molar refractivity (Wildman–Crippen MR) is 78.8 cm³/mol. The molecular weight excluding hydrogens is 291 g/mol. The molecule has 6 atom stereocenters. The van der Waals surface area contributed by atoms with Crippen molar-refractivity contribution in [2.45, 2.75) is 77.8 Å². The van der Waals surface area contributed by atoms with Crippen LogP contribution in [0, 0.1) is 17.3 Å². The number of phosphoric acid groups is 1. The fourth-order valence-corrected chi connectivity index (χ4v) is 6.10. The van der Waals surface area contributed by atoms with Crippen LogP contribution in [0.15, 0.2) is 0 Å². The summed E-state index contributed by atoms with van der Waals surface area (Å²) in [6.07, 6.45) is 2.27. The minimum atomic E-state index is -4.05. The van der Waals surface area contributed by atoms with Gasteiger partial charge in [0.05, 0.1) is 18.3 Å². The molecule has 1 N–H and O–H groups in total. The van der Waals surface area contributed by atoms with Crippen LogP contribution in [0.3, 0.4) is 0 Å². The highest BCUT2D eigenvalue weighted by Gasteiger charge is 2.77. The lowest BCUT2D eigenvalue weighted by molar-refractivity contribution is -0.0730. The summed E-state index contributed by atoms with van der Waals surface area (Å²) in [5, 5.41) is 0. The summed E-state index contributed by atoms with van der Waals surface area (Å²) in [6, 6.07) is 0. The van der Waals surface area contributed by atoms with Gasteiger partial charge < -0.3 is 9.63 Å². The van der Waals surface area contributed by atoms with Crippen LogP contribution in [0.4, 0.5) is 0 Å². The fourth-order valence-electron chi connectivity index (χ4n) is 4.82. The Morgan fingerprint density at radius 2 is 1.90 bits per heavy atom. The topological polar surface area (TPSA) is 65.0 Å². The molecule has 3 fully saturated rings. The molecule has 0 aromatic carbocycles. The number of ether oxygens (including phenoxy) is 1. The Morgan fingerprint density at radius 1 is 1.24 bits per heavy atom. The summed E-state index contributed by atoms with van der Waals surface area (Å²) in [5.41, 5.74) is -0.519. The molecule has 0 aromatic heterocycles. The molecule has 2 saturated carbocycles. The molecule has 0 aromatic rings. The van der Waals surface area contributed by atoms with E-state index in [2.05, 4.69) is 13.8 Å². The standard InChI is InChI=1S/C15H27O5P/c1-9(2)15-8-12(15)7-14(6-11(5)18-13(14)15)20-21(16,17)19-10(3)4/h9-13H,6-8H2,1-5H3,(H,16,17)/t11-,12+,13-,14+,15+/m0/s1. The summed E-state index contributed by atoms with van der Waals surface area (Å²) in [4.78, 5) is 10.1. The monoisotopic (exact) mass is 318 g/mol. The first-order valence-corrected chi connectivity index (χ1v) is 9.48. The SMILES string of the molecule is CC(C)OP(=O)(O)O[C@]12C[C@@H]3C[C@]3(C(C)C)[C@H]1O[C@@H](C)C2. The highest BCUT2D eigenvalue weighted by atomic mass is 31.2. The second-order valence-corrected chi connectivity index (χ2v) is 9.01. The number of hydrogen-bond acceptors (Lipinski definition) is 4. The second kappa shape index (κ2) is 4.78. The van der Waals surface area contributed by atoms with Gasteiger partial charge in [-0.3, -0.25) is 9.05 Å². The maximum Gasteiger partial charge on any atom is 0.473 e. The Bertz CT molecular complexity index is 479. The lowest BCUT2D eigenvalue weighted by Gasteiger charge is -2.35. The van der Waals surface area contributed by atoms with E-state index in [9.17, 15) is 9.46 Å². The molecule has 1 heterocycles. The normalized spacial score (nSPS) is 47.5. The Hall–Kier alpha value is 0.0700. The molecule has 1 unspecified atom stereocenters. The smallest absolute Gasteiger partial charge is 0.372 e. The van der Waals surface area contributed by atoms with E-state index in [-0.39, 0.29) is 23.7 Å². The van der Waals surface area contributed by atoms with Crippen molar-refractivity contribution in [3.8, 4) is 0 Å². The van der Waals surface area contributed by atoms with Crippen LogP contribution in [0.25, 0.3) is 0 Å². The zero-order chi connectivity index (χ0) is 15.6. The van der Waals surface area contributed by atoms with Crippen molar-refractivity contribution < 1.29 is 23.2 Å². The van der Waals surface area contributed by atoms with E-state index in [4.69, 9.17) is 13.8 Å². The van der Waals surface area contributed by atoms with Crippen LogP contribution in [0.1, 0.15) is 53.9 Å². The van der Waals surface area contributed by atoms with Gasteiger partial charge >= 0.3 is 7.82 Å². The third-order valence-corrected chi connectivity index (χ3v) is 6.76. The molecule has 1 aliphatic heterocycles. The van der Waals surface area contributed by atoms with Crippen molar-refractivity contribution >= 4 is 7.82 Å². The third kappa shape index (κ3) is 2.42. The minimum Gasteiger partial charge on any atom is -0.372 e.